The van der Waals surface area contributed by atoms with Crippen molar-refractivity contribution in [3.05, 3.63) is 0 Å². The molecule has 1 heterocycles. The maximum Gasteiger partial charge on any atom is 0.0195 e. The normalized spacial score (nSPS) is 34.7. The van der Waals surface area contributed by atoms with Crippen LogP contribution in [-0.2, 0) is 0 Å². The molecule has 0 bridgehead atoms. The van der Waals surface area contributed by atoms with Crippen molar-refractivity contribution < 1.29 is 0 Å². The molecule has 2 fully saturated rings. The fourth-order valence-electron chi connectivity index (χ4n) is 3.59. The lowest BCUT2D eigenvalue weighted by Gasteiger charge is -2.46. The van der Waals surface area contributed by atoms with E-state index in [0.29, 0.717) is 0 Å². The van der Waals surface area contributed by atoms with Crippen molar-refractivity contribution >= 4 is 0 Å². The maximum atomic E-state index is 3.48. The Labute approximate surface area is 101 Å². The summed E-state index contributed by atoms with van der Waals surface area (Å²) in [6, 6.07) is 1.59. The lowest BCUT2D eigenvalue weighted by Crippen LogP contribution is -2.54. The molecule has 3 unspecified atom stereocenters. The van der Waals surface area contributed by atoms with Gasteiger partial charge in [0, 0.05) is 25.2 Å². The second-order valence-corrected chi connectivity index (χ2v) is 5.95. The predicted octanol–water partition coefficient (Wildman–Crippen LogP) is 2.49. The molecule has 0 aromatic heterocycles. The molecule has 0 aromatic rings. The average molecular weight is 224 g/mol. The smallest absolute Gasteiger partial charge is 0.0195 e. The van der Waals surface area contributed by atoms with Gasteiger partial charge in [0.25, 0.3) is 0 Å². The lowest BCUT2D eigenvalue weighted by molar-refractivity contribution is 0.0453. The van der Waals surface area contributed by atoms with Gasteiger partial charge in [-0.2, -0.15) is 0 Å². The first-order chi connectivity index (χ1) is 7.74. The summed E-state index contributed by atoms with van der Waals surface area (Å²) in [4.78, 5) is 2.78. The van der Waals surface area contributed by atoms with Crippen LogP contribution in [0.5, 0.6) is 0 Å². The Morgan fingerprint density at radius 2 is 2.06 bits per heavy atom. The van der Waals surface area contributed by atoms with E-state index >= 15 is 0 Å². The summed E-state index contributed by atoms with van der Waals surface area (Å²) in [5.74, 6) is 1.87. The van der Waals surface area contributed by atoms with E-state index in [1.807, 2.05) is 0 Å². The van der Waals surface area contributed by atoms with E-state index in [9.17, 15) is 0 Å². The molecule has 2 heteroatoms. The summed E-state index contributed by atoms with van der Waals surface area (Å²) < 4.78 is 0. The minimum absolute atomic E-state index is 0.720. The summed E-state index contributed by atoms with van der Waals surface area (Å²) >= 11 is 0. The molecule has 0 amide bonds. The third-order valence-electron chi connectivity index (χ3n) is 4.68. The molecule has 2 aliphatic rings. The number of likely N-dealkylation sites (N-methyl/N-ethyl adjacent to an activating group) is 1. The van der Waals surface area contributed by atoms with Gasteiger partial charge in [-0.3, -0.25) is 4.90 Å². The average Bonchev–Trinajstić information content (AvgIpc) is 2.22. The van der Waals surface area contributed by atoms with E-state index in [-0.39, 0.29) is 0 Å². The van der Waals surface area contributed by atoms with E-state index in [1.54, 1.807) is 0 Å². The zero-order chi connectivity index (χ0) is 11.5. The standard InChI is InChI=1S/C14H28N2/c1-4-14(12-6-5-7-12)16-9-11(2)8-13(10-16)15-3/h11-15H,4-10H2,1-3H3. The Hall–Kier alpha value is -0.0800. The molecule has 0 radical (unpaired) electrons. The molecule has 3 atom stereocenters. The number of hydrogen-bond acceptors (Lipinski definition) is 2. The van der Waals surface area contributed by atoms with Gasteiger partial charge in [-0.15, -0.1) is 0 Å². The molecule has 1 aliphatic carbocycles. The number of hydrogen-bond donors (Lipinski definition) is 1. The van der Waals surface area contributed by atoms with Gasteiger partial charge < -0.3 is 5.32 Å². The first kappa shape index (κ1) is 12.4. The lowest BCUT2D eigenvalue weighted by atomic mass is 9.77. The van der Waals surface area contributed by atoms with Crippen molar-refractivity contribution in [2.45, 2.75) is 58.0 Å². The zero-order valence-electron chi connectivity index (χ0n) is 11.2. The molecular weight excluding hydrogens is 196 g/mol. The molecule has 94 valence electrons. The first-order valence-electron chi connectivity index (χ1n) is 7.15. The van der Waals surface area contributed by atoms with Crippen LogP contribution in [0.1, 0.15) is 46.0 Å². The Kier molecular flexibility index (Phi) is 4.26. The highest BCUT2D eigenvalue weighted by atomic mass is 15.2. The highest BCUT2D eigenvalue weighted by Crippen LogP contribution is 2.35. The van der Waals surface area contributed by atoms with Gasteiger partial charge in [0.15, 0.2) is 0 Å². The molecule has 1 N–H and O–H groups in total. The Morgan fingerprint density at radius 1 is 1.31 bits per heavy atom. The van der Waals surface area contributed by atoms with Gasteiger partial charge in [-0.25, -0.2) is 0 Å². The highest BCUT2D eigenvalue weighted by Gasteiger charge is 2.34. The van der Waals surface area contributed by atoms with Crippen LogP contribution in [0, 0.1) is 11.8 Å². The highest BCUT2D eigenvalue weighted by molar-refractivity contribution is 4.89. The van der Waals surface area contributed by atoms with Crippen LogP contribution in [0.3, 0.4) is 0 Å². The Balaban J connectivity index is 1.94. The molecule has 2 rings (SSSR count). The fourth-order valence-corrected chi connectivity index (χ4v) is 3.59. The van der Waals surface area contributed by atoms with Crippen LogP contribution in [0.2, 0.25) is 0 Å². The van der Waals surface area contributed by atoms with Gasteiger partial charge >= 0.3 is 0 Å². The Bertz CT molecular complexity index is 213. The van der Waals surface area contributed by atoms with E-state index in [0.717, 1.165) is 23.9 Å². The third kappa shape index (κ3) is 2.60. The maximum absolute atomic E-state index is 3.48. The van der Waals surface area contributed by atoms with Gasteiger partial charge in [0.1, 0.15) is 0 Å². The minimum atomic E-state index is 0.720. The Morgan fingerprint density at radius 3 is 2.56 bits per heavy atom. The molecule has 0 aromatic carbocycles. The molecule has 0 spiro atoms. The van der Waals surface area contributed by atoms with E-state index in [4.69, 9.17) is 0 Å². The van der Waals surface area contributed by atoms with Crippen LogP contribution in [0.4, 0.5) is 0 Å². The van der Waals surface area contributed by atoms with Crippen LogP contribution in [0.15, 0.2) is 0 Å². The number of likely N-dealkylation sites (tertiary alicyclic amines) is 1. The molecule has 16 heavy (non-hydrogen) atoms. The third-order valence-corrected chi connectivity index (χ3v) is 4.68. The zero-order valence-corrected chi connectivity index (χ0v) is 11.2. The van der Waals surface area contributed by atoms with Crippen molar-refractivity contribution in [2.24, 2.45) is 11.8 Å². The molecule has 2 nitrogen and oxygen atoms in total. The minimum Gasteiger partial charge on any atom is -0.316 e. The summed E-state index contributed by atoms with van der Waals surface area (Å²) in [6.07, 6.45) is 7.13. The van der Waals surface area contributed by atoms with Gasteiger partial charge in [-0.05, 0) is 44.6 Å². The van der Waals surface area contributed by atoms with Crippen molar-refractivity contribution in [3.63, 3.8) is 0 Å². The van der Waals surface area contributed by atoms with Crippen molar-refractivity contribution in [1.82, 2.24) is 10.2 Å². The summed E-state index contributed by atoms with van der Waals surface area (Å²) in [7, 11) is 2.12. The quantitative estimate of drug-likeness (QED) is 0.789. The van der Waals surface area contributed by atoms with Crippen LogP contribution in [-0.4, -0.2) is 37.1 Å². The molecule has 1 aliphatic heterocycles. The fraction of sp³-hybridized carbons (Fsp3) is 1.00. The molecular formula is C14H28N2. The van der Waals surface area contributed by atoms with Crippen molar-refractivity contribution in [2.75, 3.05) is 20.1 Å². The SMILES string of the molecule is CCC(C1CCC1)N1CC(C)CC(NC)C1. The molecule has 1 saturated heterocycles. The number of rotatable bonds is 4. The van der Waals surface area contributed by atoms with E-state index in [2.05, 4.69) is 31.1 Å². The van der Waals surface area contributed by atoms with Crippen LogP contribution >= 0.6 is 0 Å². The first-order valence-corrected chi connectivity index (χ1v) is 7.15. The van der Waals surface area contributed by atoms with Crippen LogP contribution < -0.4 is 5.32 Å². The van der Waals surface area contributed by atoms with Gasteiger partial charge in [0.05, 0.1) is 0 Å². The second kappa shape index (κ2) is 5.50. The van der Waals surface area contributed by atoms with Crippen molar-refractivity contribution in [3.8, 4) is 0 Å². The number of piperidine rings is 1. The summed E-state index contributed by atoms with van der Waals surface area (Å²) in [5.41, 5.74) is 0. The van der Waals surface area contributed by atoms with Crippen molar-refractivity contribution in [1.29, 1.82) is 0 Å². The molecule has 1 saturated carbocycles. The van der Waals surface area contributed by atoms with Crippen LogP contribution in [0.25, 0.3) is 0 Å². The predicted molar refractivity (Wildman–Crippen MR) is 69.6 cm³/mol. The second-order valence-electron chi connectivity index (χ2n) is 5.95. The summed E-state index contributed by atoms with van der Waals surface area (Å²) in [5, 5.41) is 3.48. The van der Waals surface area contributed by atoms with Gasteiger partial charge in [-0.1, -0.05) is 20.3 Å². The monoisotopic (exact) mass is 224 g/mol. The van der Waals surface area contributed by atoms with E-state index in [1.165, 1.54) is 45.2 Å². The van der Waals surface area contributed by atoms with Gasteiger partial charge in [0.2, 0.25) is 0 Å². The summed E-state index contributed by atoms with van der Waals surface area (Å²) in [6.45, 7) is 7.38. The topological polar surface area (TPSA) is 15.3 Å². The largest absolute Gasteiger partial charge is 0.316 e. The van der Waals surface area contributed by atoms with E-state index < -0.39 is 0 Å². The number of nitrogens with one attached hydrogen (secondary N) is 1. The number of nitrogens with zero attached hydrogens (tertiary/aromatic N) is 1.